The van der Waals surface area contributed by atoms with E-state index in [1.807, 2.05) is 0 Å². The van der Waals surface area contributed by atoms with E-state index in [-0.39, 0.29) is 5.91 Å². The molecule has 0 spiro atoms. The monoisotopic (exact) mass is 214 g/mol. The van der Waals surface area contributed by atoms with Crippen LogP contribution in [0.4, 0.5) is 0 Å². The summed E-state index contributed by atoms with van der Waals surface area (Å²) in [7, 11) is 0. The topological polar surface area (TPSA) is 55.6 Å². The van der Waals surface area contributed by atoms with Gasteiger partial charge in [0.1, 0.15) is 0 Å². The van der Waals surface area contributed by atoms with Gasteiger partial charge in [-0.3, -0.25) is 9.63 Å². The van der Waals surface area contributed by atoms with Crippen molar-refractivity contribution in [3.05, 3.63) is 0 Å². The molecular weight excluding hydrogens is 192 g/mol. The third-order valence-corrected chi connectivity index (χ3v) is 2.63. The van der Waals surface area contributed by atoms with Gasteiger partial charge in [-0.25, -0.2) is 5.06 Å². The molecule has 1 aliphatic heterocycles. The molecule has 1 saturated heterocycles. The minimum Gasteiger partial charge on any atom is -0.330 e. The molecule has 0 unspecified atom stereocenters. The summed E-state index contributed by atoms with van der Waals surface area (Å²) < 4.78 is 0. The number of hydroxylamine groups is 2. The average Bonchev–Trinajstić information content (AvgIpc) is 2.30. The molecular formula is C11H22N2O2. The van der Waals surface area contributed by atoms with E-state index >= 15 is 0 Å². The fourth-order valence-electron chi connectivity index (χ4n) is 1.69. The predicted molar refractivity (Wildman–Crippen MR) is 59.0 cm³/mol. The van der Waals surface area contributed by atoms with Crippen LogP contribution in [0.3, 0.4) is 0 Å². The van der Waals surface area contributed by atoms with Gasteiger partial charge in [-0.05, 0) is 32.2 Å². The van der Waals surface area contributed by atoms with E-state index in [4.69, 9.17) is 10.6 Å². The van der Waals surface area contributed by atoms with Crippen LogP contribution in [0.25, 0.3) is 0 Å². The number of amides is 1. The van der Waals surface area contributed by atoms with Crippen molar-refractivity contribution in [2.24, 2.45) is 5.73 Å². The Morgan fingerprint density at radius 3 is 2.67 bits per heavy atom. The largest absolute Gasteiger partial charge is 0.330 e. The van der Waals surface area contributed by atoms with Gasteiger partial charge in [0.05, 0.1) is 6.61 Å². The number of nitrogens with zero attached hydrogens (tertiary/aromatic N) is 1. The highest BCUT2D eigenvalue weighted by Gasteiger charge is 2.16. The van der Waals surface area contributed by atoms with Crippen LogP contribution in [0, 0.1) is 0 Å². The summed E-state index contributed by atoms with van der Waals surface area (Å²) in [6, 6.07) is 0. The minimum absolute atomic E-state index is 0.141. The predicted octanol–water partition coefficient (Wildman–Crippen LogP) is 1.45. The SMILES string of the molecule is NCCCCCCC(=O)N1CCCCO1. The van der Waals surface area contributed by atoms with Crippen molar-refractivity contribution >= 4 is 5.91 Å². The van der Waals surface area contributed by atoms with Gasteiger partial charge >= 0.3 is 0 Å². The first kappa shape index (κ1) is 12.5. The number of rotatable bonds is 6. The molecule has 1 fully saturated rings. The van der Waals surface area contributed by atoms with E-state index in [9.17, 15) is 4.79 Å². The lowest BCUT2D eigenvalue weighted by Gasteiger charge is -2.25. The molecule has 0 aromatic rings. The maximum absolute atomic E-state index is 11.6. The molecule has 0 aromatic carbocycles. The molecule has 0 saturated carbocycles. The zero-order valence-corrected chi connectivity index (χ0v) is 9.41. The van der Waals surface area contributed by atoms with E-state index in [2.05, 4.69) is 0 Å². The maximum atomic E-state index is 11.6. The first-order chi connectivity index (χ1) is 7.34. The van der Waals surface area contributed by atoms with Crippen LogP contribution in [0.1, 0.15) is 44.9 Å². The van der Waals surface area contributed by atoms with Gasteiger partial charge in [-0.15, -0.1) is 0 Å². The second-order valence-corrected chi connectivity index (χ2v) is 3.99. The van der Waals surface area contributed by atoms with Gasteiger partial charge in [0.15, 0.2) is 0 Å². The first-order valence-corrected chi connectivity index (χ1v) is 5.98. The Labute approximate surface area is 91.7 Å². The molecule has 0 aliphatic carbocycles. The van der Waals surface area contributed by atoms with Crippen LogP contribution < -0.4 is 5.73 Å². The van der Waals surface area contributed by atoms with Gasteiger partial charge in [-0.1, -0.05) is 12.8 Å². The fourth-order valence-corrected chi connectivity index (χ4v) is 1.69. The van der Waals surface area contributed by atoms with Crippen LogP contribution >= 0.6 is 0 Å². The van der Waals surface area contributed by atoms with E-state index in [0.29, 0.717) is 13.0 Å². The van der Waals surface area contributed by atoms with Crippen molar-refractivity contribution in [2.75, 3.05) is 19.7 Å². The number of unbranched alkanes of at least 4 members (excludes halogenated alkanes) is 3. The summed E-state index contributed by atoms with van der Waals surface area (Å²) in [5, 5.41) is 1.53. The maximum Gasteiger partial charge on any atom is 0.246 e. The smallest absolute Gasteiger partial charge is 0.246 e. The fraction of sp³-hybridized carbons (Fsp3) is 0.909. The lowest BCUT2D eigenvalue weighted by Crippen LogP contribution is -2.35. The van der Waals surface area contributed by atoms with Crippen LogP contribution in [-0.2, 0) is 9.63 Å². The molecule has 0 radical (unpaired) electrons. The zero-order chi connectivity index (χ0) is 10.9. The third kappa shape index (κ3) is 5.14. The van der Waals surface area contributed by atoms with Crippen molar-refractivity contribution in [2.45, 2.75) is 44.9 Å². The Morgan fingerprint density at radius 1 is 1.20 bits per heavy atom. The Hall–Kier alpha value is -0.610. The molecule has 1 rings (SSSR count). The first-order valence-electron chi connectivity index (χ1n) is 5.98. The molecule has 1 heterocycles. The number of hydrogen-bond donors (Lipinski definition) is 1. The van der Waals surface area contributed by atoms with E-state index in [1.165, 1.54) is 5.06 Å². The van der Waals surface area contributed by atoms with E-state index < -0.39 is 0 Å². The van der Waals surface area contributed by atoms with Crippen LogP contribution in [0.15, 0.2) is 0 Å². The highest BCUT2D eigenvalue weighted by Crippen LogP contribution is 2.10. The second-order valence-electron chi connectivity index (χ2n) is 3.99. The highest BCUT2D eigenvalue weighted by atomic mass is 16.7. The molecule has 0 aromatic heterocycles. The Balaban J connectivity index is 2.02. The van der Waals surface area contributed by atoms with Crippen molar-refractivity contribution in [3.8, 4) is 0 Å². The lowest BCUT2D eigenvalue weighted by atomic mass is 10.1. The number of carbonyl (C=O) groups excluding carboxylic acids is 1. The normalized spacial score (nSPS) is 16.7. The number of hydrogen-bond acceptors (Lipinski definition) is 3. The average molecular weight is 214 g/mol. The van der Waals surface area contributed by atoms with E-state index in [0.717, 1.165) is 51.6 Å². The van der Waals surface area contributed by atoms with E-state index in [1.54, 1.807) is 0 Å². The Morgan fingerprint density at radius 2 is 2.00 bits per heavy atom. The summed E-state index contributed by atoms with van der Waals surface area (Å²) in [4.78, 5) is 16.9. The summed E-state index contributed by atoms with van der Waals surface area (Å²) in [5.41, 5.74) is 5.39. The summed E-state index contributed by atoms with van der Waals surface area (Å²) >= 11 is 0. The number of carbonyl (C=O) groups is 1. The molecule has 4 heteroatoms. The highest BCUT2D eigenvalue weighted by molar-refractivity contribution is 5.75. The standard InChI is InChI=1S/C11H22N2O2/c12-8-4-2-1-3-7-11(14)13-9-5-6-10-15-13/h1-10,12H2. The van der Waals surface area contributed by atoms with Crippen molar-refractivity contribution in [3.63, 3.8) is 0 Å². The molecule has 15 heavy (non-hydrogen) atoms. The zero-order valence-electron chi connectivity index (χ0n) is 9.41. The van der Waals surface area contributed by atoms with Gasteiger partial charge in [-0.2, -0.15) is 0 Å². The van der Waals surface area contributed by atoms with Crippen LogP contribution in [-0.4, -0.2) is 30.7 Å². The molecule has 2 N–H and O–H groups in total. The van der Waals surface area contributed by atoms with Crippen LogP contribution in [0.5, 0.6) is 0 Å². The molecule has 1 aliphatic rings. The molecule has 0 atom stereocenters. The van der Waals surface area contributed by atoms with Crippen molar-refractivity contribution in [1.82, 2.24) is 5.06 Å². The van der Waals surface area contributed by atoms with Gasteiger partial charge in [0.2, 0.25) is 5.91 Å². The summed E-state index contributed by atoms with van der Waals surface area (Å²) in [6.45, 7) is 2.21. The van der Waals surface area contributed by atoms with Crippen molar-refractivity contribution < 1.29 is 9.63 Å². The van der Waals surface area contributed by atoms with Crippen molar-refractivity contribution in [1.29, 1.82) is 0 Å². The second kappa shape index (κ2) is 7.65. The Kier molecular flexibility index (Phi) is 6.36. The van der Waals surface area contributed by atoms with Gasteiger partial charge in [0, 0.05) is 13.0 Å². The van der Waals surface area contributed by atoms with Crippen LogP contribution in [0.2, 0.25) is 0 Å². The quantitative estimate of drug-likeness (QED) is 0.681. The number of nitrogens with two attached hydrogens (primary N) is 1. The third-order valence-electron chi connectivity index (χ3n) is 2.63. The Bertz CT molecular complexity index is 179. The molecule has 1 amide bonds. The summed E-state index contributed by atoms with van der Waals surface area (Å²) in [5.74, 6) is 0.141. The van der Waals surface area contributed by atoms with Gasteiger partial charge in [0.25, 0.3) is 0 Å². The molecule has 0 bridgehead atoms. The molecule has 88 valence electrons. The molecule has 4 nitrogen and oxygen atoms in total. The lowest BCUT2D eigenvalue weighted by molar-refractivity contribution is -0.197. The minimum atomic E-state index is 0.141. The summed E-state index contributed by atoms with van der Waals surface area (Å²) in [6.07, 6.45) is 7.00. The van der Waals surface area contributed by atoms with Gasteiger partial charge < -0.3 is 5.73 Å².